The second-order valence-corrected chi connectivity index (χ2v) is 5.09. The van der Waals surface area contributed by atoms with Gasteiger partial charge in [-0.25, -0.2) is 5.10 Å². The number of hydrogen-bond donors (Lipinski definition) is 1. The molecule has 0 radical (unpaired) electrons. The Morgan fingerprint density at radius 1 is 1.44 bits per heavy atom. The number of hydrogen-bond acceptors (Lipinski definition) is 3. The molecular weight excluding hydrogens is 220 g/mol. The van der Waals surface area contributed by atoms with Crippen molar-refractivity contribution in [3.63, 3.8) is 0 Å². The van der Waals surface area contributed by atoms with Gasteiger partial charge in [0, 0.05) is 19.1 Å². The molecule has 1 aromatic rings. The van der Waals surface area contributed by atoms with Crippen LogP contribution in [0.5, 0.6) is 0 Å². The van der Waals surface area contributed by atoms with Crippen LogP contribution < -0.4 is 4.90 Å². The molecule has 0 spiro atoms. The van der Waals surface area contributed by atoms with Crippen molar-refractivity contribution in [2.75, 3.05) is 11.9 Å². The van der Waals surface area contributed by atoms with Crippen molar-refractivity contribution < 1.29 is 0 Å². The molecule has 0 aliphatic heterocycles. The Balaban J connectivity index is 3.08. The van der Waals surface area contributed by atoms with Crippen molar-refractivity contribution in [2.24, 2.45) is 0 Å². The Morgan fingerprint density at radius 3 is 2.56 bits per heavy atom. The third-order valence-electron chi connectivity index (χ3n) is 3.26. The van der Waals surface area contributed by atoms with E-state index in [1.165, 1.54) is 0 Å². The van der Waals surface area contributed by atoms with Gasteiger partial charge >= 0.3 is 0 Å². The van der Waals surface area contributed by atoms with Gasteiger partial charge in [0.1, 0.15) is 0 Å². The number of aromatic nitrogens is 3. The average Bonchev–Trinajstić information content (AvgIpc) is 2.60. The van der Waals surface area contributed by atoms with Crippen molar-refractivity contribution in [2.45, 2.75) is 52.6 Å². The van der Waals surface area contributed by atoms with Crippen LogP contribution in [0, 0.1) is 4.77 Å². The molecule has 0 saturated heterocycles. The highest BCUT2D eigenvalue weighted by Crippen LogP contribution is 2.23. The van der Waals surface area contributed by atoms with Crippen molar-refractivity contribution >= 4 is 18.2 Å². The molecule has 0 saturated carbocycles. The number of rotatable bonds is 5. The second kappa shape index (κ2) is 4.99. The molecule has 1 N–H and O–H groups in total. The van der Waals surface area contributed by atoms with Gasteiger partial charge in [-0.1, -0.05) is 13.8 Å². The first-order valence-corrected chi connectivity index (χ1v) is 6.24. The lowest BCUT2D eigenvalue weighted by atomic mass is 10.0. The van der Waals surface area contributed by atoms with Gasteiger partial charge in [0.05, 0.1) is 0 Å². The van der Waals surface area contributed by atoms with E-state index in [0.29, 0.717) is 4.77 Å². The Labute approximate surface area is 103 Å². The molecule has 0 aliphatic rings. The molecule has 1 heterocycles. The lowest BCUT2D eigenvalue weighted by molar-refractivity contribution is 0.454. The molecule has 0 atom stereocenters. The van der Waals surface area contributed by atoms with Gasteiger partial charge in [-0.3, -0.25) is 4.57 Å². The zero-order valence-electron chi connectivity index (χ0n) is 10.9. The van der Waals surface area contributed by atoms with Gasteiger partial charge in [0.2, 0.25) is 5.95 Å². The van der Waals surface area contributed by atoms with Crippen LogP contribution in [0.15, 0.2) is 0 Å². The van der Waals surface area contributed by atoms with E-state index in [2.05, 4.69) is 54.4 Å². The zero-order valence-corrected chi connectivity index (χ0v) is 11.7. The van der Waals surface area contributed by atoms with Gasteiger partial charge in [0.15, 0.2) is 4.77 Å². The number of nitrogens with zero attached hydrogens (tertiary/aromatic N) is 3. The predicted molar refractivity (Wildman–Crippen MR) is 70.5 cm³/mol. The highest BCUT2D eigenvalue weighted by Gasteiger charge is 2.25. The summed E-state index contributed by atoms with van der Waals surface area (Å²) in [5.41, 5.74) is 0.0897. The van der Waals surface area contributed by atoms with Crippen LogP contribution in [0.2, 0.25) is 0 Å². The molecule has 5 heteroatoms. The Kier molecular flexibility index (Phi) is 4.13. The first-order valence-electron chi connectivity index (χ1n) is 5.83. The smallest absolute Gasteiger partial charge is 0.225 e. The van der Waals surface area contributed by atoms with Gasteiger partial charge in [-0.05, 0) is 38.9 Å². The lowest BCUT2D eigenvalue weighted by Gasteiger charge is -2.35. The van der Waals surface area contributed by atoms with E-state index in [0.717, 1.165) is 25.3 Å². The third-order valence-corrected chi connectivity index (χ3v) is 3.57. The highest BCUT2D eigenvalue weighted by atomic mass is 32.1. The Hall–Kier alpha value is -0.840. The normalized spacial score (nSPS) is 11.8. The molecule has 0 amide bonds. The van der Waals surface area contributed by atoms with Gasteiger partial charge < -0.3 is 4.90 Å². The summed E-state index contributed by atoms with van der Waals surface area (Å²) in [6, 6.07) is 0. The fourth-order valence-electron chi connectivity index (χ4n) is 1.50. The fourth-order valence-corrected chi connectivity index (χ4v) is 1.72. The van der Waals surface area contributed by atoms with Crippen LogP contribution >= 0.6 is 12.2 Å². The SMILES string of the molecule is CCCn1c(N(C)C(C)(C)CC)n[nH]c1=S. The van der Waals surface area contributed by atoms with Crippen LogP contribution in [-0.4, -0.2) is 27.4 Å². The molecule has 1 aromatic heterocycles. The predicted octanol–water partition coefficient (Wildman–Crippen LogP) is 2.98. The number of H-pyrrole nitrogens is 1. The summed E-state index contributed by atoms with van der Waals surface area (Å²) in [5, 5.41) is 7.19. The number of aromatic amines is 1. The molecule has 4 nitrogen and oxygen atoms in total. The second-order valence-electron chi connectivity index (χ2n) is 4.71. The summed E-state index contributed by atoms with van der Waals surface area (Å²) in [6.07, 6.45) is 2.12. The standard InChI is InChI=1S/C11H22N4S/c1-6-8-15-9(12-13-10(15)16)14(5)11(3,4)7-2/h6-8H2,1-5H3,(H,13,16). The quantitative estimate of drug-likeness (QED) is 0.807. The van der Waals surface area contributed by atoms with E-state index in [-0.39, 0.29) is 5.54 Å². The summed E-state index contributed by atoms with van der Waals surface area (Å²) in [4.78, 5) is 2.19. The van der Waals surface area contributed by atoms with Crippen molar-refractivity contribution in [3.05, 3.63) is 4.77 Å². The maximum atomic E-state index is 5.23. The van der Waals surface area contributed by atoms with Crippen LogP contribution in [0.4, 0.5) is 5.95 Å². The molecule has 0 unspecified atom stereocenters. The number of nitrogens with one attached hydrogen (secondary N) is 1. The topological polar surface area (TPSA) is 36.9 Å². The van der Waals surface area contributed by atoms with E-state index < -0.39 is 0 Å². The highest BCUT2D eigenvalue weighted by molar-refractivity contribution is 7.71. The third kappa shape index (κ3) is 2.45. The van der Waals surface area contributed by atoms with E-state index in [1.54, 1.807) is 0 Å². The van der Waals surface area contributed by atoms with Crippen LogP contribution in [0.3, 0.4) is 0 Å². The van der Waals surface area contributed by atoms with Crippen molar-refractivity contribution in [1.29, 1.82) is 0 Å². The molecule has 0 fully saturated rings. The molecule has 92 valence electrons. The van der Waals surface area contributed by atoms with Crippen LogP contribution in [0.25, 0.3) is 0 Å². The first kappa shape index (κ1) is 13.2. The largest absolute Gasteiger partial charge is 0.339 e. The molecule has 1 rings (SSSR count). The molecule has 0 aliphatic carbocycles. The molecule has 16 heavy (non-hydrogen) atoms. The molecular formula is C11H22N4S. The Bertz CT molecular complexity index is 391. The van der Waals surface area contributed by atoms with Gasteiger partial charge in [-0.15, -0.1) is 5.10 Å². The summed E-state index contributed by atoms with van der Waals surface area (Å²) < 4.78 is 2.77. The maximum absolute atomic E-state index is 5.23. The Morgan fingerprint density at radius 2 is 2.06 bits per heavy atom. The van der Waals surface area contributed by atoms with E-state index in [4.69, 9.17) is 12.2 Å². The minimum Gasteiger partial charge on any atom is -0.339 e. The summed E-state index contributed by atoms with van der Waals surface area (Å²) in [6.45, 7) is 9.66. The van der Waals surface area contributed by atoms with E-state index >= 15 is 0 Å². The summed E-state index contributed by atoms with van der Waals surface area (Å²) in [5.74, 6) is 0.929. The monoisotopic (exact) mass is 242 g/mol. The minimum atomic E-state index is 0.0897. The average molecular weight is 242 g/mol. The molecule has 0 aromatic carbocycles. The maximum Gasteiger partial charge on any atom is 0.225 e. The fraction of sp³-hybridized carbons (Fsp3) is 0.818. The van der Waals surface area contributed by atoms with Crippen LogP contribution in [0.1, 0.15) is 40.5 Å². The van der Waals surface area contributed by atoms with E-state index in [1.807, 2.05) is 0 Å². The number of anilines is 1. The zero-order chi connectivity index (χ0) is 12.3. The summed E-state index contributed by atoms with van der Waals surface area (Å²) >= 11 is 5.23. The van der Waals surface area contributed by atoms with Gasteiger partial charge in [-0.2, -0.15) is 0 Å². The summed E-state index contributed by atoms with van der Waals surface area (Å²) in [7, 11) is 2.07. The minimum absolute atomic E-state index is 0.0897. The van der Waals surface area contributed by atoms with E-state index in [9.17, 15) is 0 Å². The molecule has 0 bridgehead atoms. The van der Waals surface area contributed by atoms with Crippen molar-refractivity contribution in [3.8, 4) is 0 Å². The lowest BCUT2D eigenvalue weighted by Crippen LogP contribution is -2.42. The van der Waals surface area contributed by atoms with Crippen molar-refractivity contribution in [1.82, 2.24) is 14.8 Å². The van der Waals surface area contributed by atoms with Crippen LogP contribution in [-0.2, 0) is 6.54 Å². The first-order chi connectivity index (χ1) is 7.44. The van der Waals surface area contributed by atoms with Gasteiger partial charge in [0.25, 0.3) is 0 Å².